The molecule has 1 heterocycles. The Balaban J connectivity index is 1.32. The molecular formula is C19H27N3OS. The highest BCUT2D eigenvalue weighted by atomic mass is 32.1. The summed E-state index contributed by atoms with van der Waals surface area (Å²) in [4.78, 5) is 4.74. The van der Waals surface area contributed by atoms with Gasteiger partial charge in [-0.2, -0.15) is 0 Å². The molecule has 3 aliphatic rings. The number of hydrogen-bond donors (Lipinski definition) is 1. The fourth-order valence-corrected chi connectivity index (χ4v) is 5.05. The van der Waals surface area contributed by atoms with Gasteiger partial charge in [-0.1, -0.05) is 18.6 Å². The van der Waals surface area contributed by atoms with E-state index in [1.807, 2.05) is 12.1 Å². The molecule has 1 aliphatic heterocycles. The van der Waals surface area contributed by atoms with Gasteiger partial charge in [0.2, 0.25) is 0 Å². The van der Waals surface area contributed by atoms with E-state index in [9.17, 15) is 0 Å². The largest absolute Gasteiger partial charge is 0.495 e. The van der Waals surface area contributed by atoms with Gasteiger partial charge in [-0.05, 0) is 55.4 Å². The quantitative estimate of drug-likeness (QED) is 0.851. The predicted molar refractivity (Wildman–Crippen MR) is 102 cm³/mol. The minimum absolute atomic E-state index is 0.628. The van der Waals surface area contributed by atoms with Crippen molar-refractivity contribution in [3.8, 4) is 5.75 Å². The maximum atomic E-state index is 5.70. The number of benzene rings is 1. The third-order valence-electron chi connectivity index (χ3n) is 6.04. The van der Waals surface area contributed by atoms with Crippen LogP contribution in [0.3, 0.4) is 0 Å². The van der Waals surface area contributed by atoms with Crippen LogP contribution in [0.5, 0.6) is 5.75 Å². The highest BCUT2D eigenvalue weighted by Crippen LogP contribution is 2.44. The van der Waals surface area contributed by atoms with Gasteiger partial charge in [-0.25, -0.2) is 0 Å². The van der Waals surface area contributed by atoms with Crippen molar-refractivity contribution in [2.45, 2.75) is 31.7 Å². The van der Waals surface area contributed by atoms with Crippen LogP contribution in [0.25, 0.3) is 0 Å². The number of rotatable bonds is 3. The Hall–Kier alpha value is -1.49. The molecule has 5 heteroatoms. The van der Waals surface area contributed by atoms with Crippen LogP contribution in [-0.4, -0.2) is 49.3 Å². The van der Waals surface area contributed by atoms with Gasteiger partial charge >= 0.3 is 0 Å². The van der Waals surface area contributed by atoms with Gasteiger partial charge in [0.1, 0.15) is 5.75 Å². The molecule has 0 radical (unpaired) electrons. The molecule has 3 unspecified atom stereocenters. The van der Waals surface area contributed by atoms with Gasteiger partial charge < -0.3 is 19.9 Å². The van der Waals surface area contributed by atoms with Crippen LogP contribution in [0, 0.1) is 11.8 Å². The number of ether oxygens (including phenoxy) is 1. The number of anilines is 1. The monoisotopic (exact) mass is 345 g/mol. The van der Waals surface area contributed by atoms with Crippen LogP contribution < -0.4 is 15.0 Å². The first-order chi connectivity index (χ1) is 11.7. The minimum Gasteiger partial charge on any atom is -0.495 e. The molecule has 2 saturated carbocycles. The summed E-state index contributed by atoms with van der Waals surface area (Å²) < 4.78 is 5.50. The molecule has 1 saturated heterocycles. The maximum absolute atomic E-state index is 5.70. The molecule has 0 spiro atoms. The van der Waals surface area contributed by atoms with Crippen LogP contribution in [0.2, 0.25) is 0 Å². The van der Waals surface area contributed by atoms with Crippen molar-refractivity contribution in [3.63, 3.8) is 0 Å². The van der Waals surface area contributed by atoms with E-state index >= 15 is 0 Å². The summed E-state index contributed by atoms with van der Waals surface area (Å²) in [6, 6.07) is 8.89. The lowest BCUT2D eigenvalue weighted by Crippen LogP contribution is -2.54. The van der Waals surface area contributed by atoms with Crippen molar-refractivity contribution in [2.75, 3.05) is 38.2 Å². The molecule has 2 aliphatic carbocycles. The second-order valence-electron chi connectivity index (χ2n) is 7.38. The average Bonchev–Trinajstić information content (AvgIpc) is 3.25. The highest BCUT2D eigenvalue weighted by Gasteiger charge is 2.40. The third-order valence-corrected chi connectivity index (χ3v) is 6.42. The Kier molecular flexibility index (Phi) is 4.53. The number of thiocarbonyl (C=S) groups is 1. The first-order valence-corrected chi connectivity index (χ1v) is 9.59. The normalized spacial score (nSPS) is 29.0. The summed E-state index contributed by atoms with van der Waals surface area (Å²) >= 11 is 5.70. The second-order valence-corrected chi connectivity index (χ2v) is 7.76. The van der Waals surface area contributed by atoms with E-state index in [0.717, 1.165) is 48.9 Å². The minimum atomic E-state index is 0.628. The van der Waals surface area contributed by atoms with Crippen LogP contribution >= 0.6 is 12.2 Å². The lowest BCUT2D eigenvalue weighted by molar-refractivity contribution is 0.344. The van der Waals surface area contributed by atoms with E-state index in [1.54, 1.807) is 7.11 Å². The number of piperazine rings is 1. The Labute approximate surface area is 150 Å². The van der Waals surface area contributed by atoms with E-state index in [4.69, 9.17) is 17.0 Å². The summed E-state index contributed by atoms with van der Waals surface area (Å²) in [5.74, 6) is 2.77. The van der Waals surface area contributed by atoms with Crippen LogP contribution in [-0.2, 0) is 0 Å². The van der Waals surface area contributed by atoms with Gasteiger partial charge in [-0.3, -0.25) is 0 Å². The summed E-state index contributed by atoms with van der Waals surface area (Å²) in [5, 5.41) is 4.64. The van der Waals surface area contributed by atoms with Gasteiger partial charge in [0.15, 0.2) is 5.11 Å². The molecule has 3 atom stereocenters. The molecule has 1 N–H and O–H groups in total. The van der Waals surface area contributed by atoms with Gasteiger partial charge in [0.05, 0.1) is 12.8 Å². The molecule has 1 aromatic rings. The van der Waals surface area contributed by atoms with Crippen molar-refractivity contribution in [1.29, 1.82) is 0 Å². The van der Waals surface area contributed by atoms with Crippen molar-refractivity contribution in [2.24, 2.45) is 11.8 Å². The zero-order valence-electron chi connectivity index (χ0n) is 14.4. The van der Waals surface area contributed by atoms with Gasteiger partial charge in [-0.15, -0.1) is 0 Å². The first kappa shape index (κ1) is 16.0. The van der Waals surface area contributed by atoms with Crippen molar-refractivity contribution in [3.05, 3.63) is 24.3 Å². The second kappa shape index (κ2) is 6.79. The Bertz CT molecular complexity index is 600. The molecule has 0 amide bonds. The Morgan fingerprint density at radius 3 is 2.58 bits per heavy atom. The highest BCUT2D eigenvalue weighted by molar-refractivity contribution is 7.80. The maximum Gasteiger partial charge on any atom is 0.169 e. The predicted octanol–water partition coefficient (Wildman–Crippen LogP) is 2.88. The molecule has 2 bridgehead atoms. The summed E-state index contributed by atoms with van der Waals surface area (Å²) in [7, 11) is 1.74. The zero-order valence-corrected chi connectivity index (χ0v) is 15.2. The van der Waals surface area contributed by atoms with E-state index in [2.05, 4.69) is 27.2 Å². The fraction of sp³-hybridized carbons (Fsp3) is 0.632. The van der Waals surface area contributed by atoms with Crippen LogP contribution in [0.1, 0.15) is 25.7 Å². The third kappa shape index (κ3) is 3.06. The van der Waals surface area contributed by atoms with E-state index < -0.39 is 0 Å². The summed E-state index contributed by atoms with van der Waals surface area (Å²) in [6.45, 7) is 3.92. The molecule has 130 valence electrons. The first-order valence-electron chi connectivity index (χ1n) is 9.18. The lowest BCUT2D eigenvalue weighted by Gasteiger charge is -2.39. The summed E-state index contributed by atoms with van der Waals surface area (Å²) in [6.07, 6.45) is 5.58. The molecule has 4 rings (SSSR count). The van der Waals surface area contributed by atoms with E-state index in [0.29, 0.717) is 6.04 Å². The number of para-hydroxylation sites is 2. The number of nitrogens with zero attached hydrogens (tertiary/aromatic N) is 2. The van der Waals surface area contributed by atoms with Crippen molar-refractivity contribution < 1.29 is 4.74 Å². The molecule has 4 nitrogen and oxygen atoms in total. The van der Waals surface area contributed by atoms with Crippen LogP contribution in [0.15, 0.2) is 24.3 Å². The average molecular weight is 346 g/mol. The molecule has 3 fully saturated rings. The smallest absolute Gasteiger partial charge is 0.169 e. The Morgan fingerprint density at radius 2 is 1.92 bits per heavy atom. The van der Waals surface area contributed by atoms with E-state index in [1.165, 1.54) is 31.4 Å². The SMILES string of the molecule is COc1ccccc1N1CCN(C(=S)NC2CC3CCC2C3)CC1. The summed E-state index contributed by atoms with van der Waals surface area (Å²) in [5.41, 5.74) is 1.19. The van der Waals surface area contributed by atoms with Crippen molar-refractivity contribution in [1.82, 2.24) is 10.2 Å². The standard InChI is InChI=1S/C19H27N3OS/c1-23-18-5-3-2-4-17(18)21-8-10-22(11-9-21)19(24)20-16-13-14-6-7-15(16)12-14/h2-5,14-16H,6-13H2,1H3,(H,20,24). The van der Waals surface area contributed by atoms with Gasteiger partial charge in [0, 0.05) is 32.2 Å². The fourth-order valence-electron chi connectivity index (χ4n) is 4.71. The van der Waals surface area contributed by atoms with Crippen molar-refractivity contribution >= 4 is 23.0 Å². The molecule has 24 heavy (non-hydrogen) atoms. The van der Waals surface area contributed by atoms with Gasteiger partial charge in [0.25, 0.3) is 0 Å². The zero-order chi connectivity index (χ0) is 16.5. The number of methoxy groups -OCH3 is 1. The topological polar surface area (TPSA) is 27.7 Å². The van der Waals surface area contributed by atoms with E-state index in [-0.39, 0.29) is 0 Å². The van der Waals surface area contributed by atoms with Crippen LogP contribution in [0.4, 0.5) is 5.69 Å². The molecule has 1 aromatic carbocycles. The number of hydrogen-bond acceptors (Lipinski definition) is 3. The lowest BCUT2D eigenvalue weighted by atomic mass is 9.95. The number of nitrogens with one attached hydrogen (secondary N) is 1. The molecular weight excluding hydrogens is 318 g/mol. The number of fused-ring (bicyclic) bond motifs is 2. The molecule has 0 aromatic heterocycles. The Morgan fingerprint density at radius 1 is 1.12 bits per heavy atom.